The molecule has 0 bridgehead atoms. The molecule has 7 heteroatoms. The number of rotatable bonds is 5. The molecular formula is C14H14ClFN2O3. The Bertz CT molecular complexity index is 658. The Morgan fingerprint density at radius 1 is 1.48 bits per heavy atom. The fraction of sp³-hybridized carbons (Fsp3) is 0.286. The van der Waals surface area contributed by atoms with Crippen molar-refractivity contribution < 1.29 is 18.7 Å². The van der Waals surface area contributed by atoms with Gasteiger partial charge in [-0.15, -0.1) is 0 Å². The minimum atomic E-state index is -0.640. The van der Waals surface area contributed by atoms with Crippen LogP contribution in [-0.4, -0.2) is 22.4 Å². The third-order valence-corrected chi connectivity index (χ3v) is 3.13. The Hall–Kier alpha value is -2.08. The molecule has 0 fully saturated rings. The first-order valence-corrected chi connectivity index (χ1v) is 6.67. The number of carbonyl (C=O) groups excluding carboxylic acids is 1. The van der Waals surface area contributed by atoms with Crippen molar-refractivity contribution in [1.82, 2.24) is 9.78 Å². The van der Waals surface area contributed by atoms with Crippen molar-refractivity contribution in [3.05, 3.63) is 46.5 Å². The van der Waals surface area contributed by atoms with Crippen molar-refractivity contribution in [2.24, 2.45) is 7.05 Å². The minimum absolute atomic E-state index is 0.0125. The molecule has 0 saturated carbocycles. The Morgan fingerprint density at radius 3 is 2.95 bits per heavy atom. The fourth-order valence-electron chi connectivity index (χ4n) is 1.75. The quantitative estimate of drug-likeness (QED) is 0.797. The van der Waals surface area contributed by atoms with Crippen LogP contribution < -0.4 is 4.74 Å². The van der Waals surface area contributed by atoms with Gasteiger partial charge < -0.3 is 9.47 Å². The van der Waals surface area contributed by atoms with E-state index in [1.54, 1.807) is 20.0 Å². The van der Waals surface area contributed by atoms with E-state index in [4.69, 9.17) is 21.1 Å². The maximum absolute atomic E-state index is 13.7. The van der Waals surface area contributed by atoms with Crippen LogP contribution in [0.4, 0.5) is 4.39 Å². The normalized spacial score (nSPS) is 10.5. The number of aryl methyl sites for hydroxylation is 1. The second-order valence-electron chi connectivity index (χ2n) is 4.19. The highest BCUT2D eigenvalue weighted by Gasteiger charge is 2.18. The molecule has 5 nitrogen and oxygen atoms in total. The molecule has 0 spiro atoms. The summed E-state index contributed by atoms with van der Waals surface area (Å²) in [7, 11) is 1.66. The van der Waals surface area contributed by atoms with Gasteiger partial charge >= 0.3 is 5.97 Å². The van der Waals surface area contributed by atoms with Crippen molar-refractivity contribution in [2.45, 2.75) is 13.5 Å². The van der Waals surface area contributed by atoms with Crippen LogP contribution in [0.2, 0.25) is 5.02 Å². The first kappa shape index (κ1) is 15.3. The van der Waals surface area contributed by atoms with Gasteiger partial charge in [-0.1, -0.05) is 17.7 Å². The van der Waals surface area contributed by atoms with E-state index in [-0.39, 0.29) is 24.0 Å². The number of hydrogen-bond acceptors (Lipinski definition) is 4. The first-order valence-electron chi connectivity index (χ1n) is 6.29. The van der Waals surface area contributed by atoms with E-state index < -0.39 is 11.8 Å². The molecule has 0 unspecified atom stereocenters. The number of hydrogen-bond donors (Lipinski definition) is 0. The van der Waals surface area contributed by atoms with Crippen LogP contribution in [0.1, 0.15) is 23.0 Å². The Morgan fingerprint density at radius 2 is 2.24 bits per heavy atom. The van der Waals surface area contributed by atoms with Gasteiger partial charge in [0.25, 0.3) is 0 Å². The molecule has 0 saturated heterocycles. The van der Waals surface area contributed by atoms with Crippen molar-refractivity contribution in [3.63, 3.8) is 0 Å². The zero-order chi connectivity index (χ0) is 15.4. The van der Waals surface area contributed by atoms with Crippen LogP contribution >= 0.6 is 11.6 Å². The van der Waals surface area contributed by atoms with Gasteiger partial charge in [-0.25, -0.2) is 9.18 Å². The first-order chi connectivity index (χ1) is 10.0. The summed E-state index contributed by atoms with van der Waals surface area (Å²) in [6.07, 6.45) is 1.39. The summed E-state index contributed by atoms with van der Waals surface area (Å²) in [5.41, 5.74) is 0.787. The van der Waals surface area contributed by atoms with Crippen molar-refractivity contribution >= 4 is 17.6 Å². The molecule has 0 amide bonds. The SMILES string of the molecule is CCOC(=O)c1cnn(C)c1COc1cccc(Cl)c1F. The van der Waals surface area contributed by atoms with E-state index in [0.29, 0.717) is 11.3 Å². The van der Waals surface area contributed by atoms with Crippen molar-refractivity contribution in [1.29, 1.82) is 0 Å². The number of halogens is 2. The van der Waals surface area contributed by atoms with Gasteiger partial charge in [0.1, 0.15) is 12.2 Å². The van der Waals surface area contributed by atoms with Gasteiger partial charge in [0.15, 0.2) is 11.6 Å². The van der Waals surface area contributed by atoms with Crippen LogP contribution in [0.25, 0.3) is 0 Å². The highest BCUT2D eigenvalue weighted by molar-refractivity contribution is 6.30. The lowest BCUT2D eigenvalue weighted by atomic mass is 10.2. The average Bonchev–Trinajstić information content (AvgIpc) is 2.82. The summed E-state index contributed by atoms with van der Waals surface area (Å²) in [6, 6.07) is 4.47. The predicted octanol–water partition coefficient (Wildman–Crippen LogP) is 2.97. The van der Waals surface area contributed by atoms with E-state index in [1.165, 1.54) is 23.0 Å². The molecule has 0 radical (unpaired) electrons. The van der Waals surface area contributed by atoms with Gasteiger partial charge in [0.05, 0.1) is 23.5 Å². The number of carbonyl (C=O) groups is 1. The highest BCUT2D eigenvalue weighted by Crippen LogP contribution is 2.25. The van der Waals surface area contributed by atoms with Crippen LogP contribution in [-0.2, 0) is 18.4 Å². The lowest BCUT2D eigenvalue weighted by Crippen LogP contribution is -2.11. The number of aromatic nitrogens is 2. The van der Waals surface area contributed by atoms with Gasteiger partial charge in [0, 0.05) is 7.05 Å². The molecule has 0 aliphatic carbocycles. The van der Waals surface area contributed by atoms with Gasteiger partial charge in [-0.05, 0) is 19.1 Å². The molecule has 2 aromatic rings. The van der Waals surface area contributed by atoms with Crippen LogP contribution in [0.5, 0.6) is 5.75 Å². The summed E-state index contributed by atoms with van der Waals surface area (Å²) in [5, 5.41) is 3.96. The lowest BCUT2D eigenvalue weighted by molar-refractivity contribution is 0.0523. The standard InChI is InChI=1S/C14H14ClFN2O3/c1-3-20-14(19)9-7-17-18(2)11(9)8-21-12-6-4-5-10(15)13(12)16/h4-7H,3,8H2,1-2H3. The average molecular weight is 313 g/mol. The largest absolute Gasteiger partial charge is 0.484 e. The van der Waals surface area contributed by atoms with E-state index in [0.717, 1.165) is 0 Å². The summed E-state index contributed by atoms with van der Waals surface area (Å²) in [6.45, 7) is 1.95. The molecular weight excluding hydrogens is 299 g/mol. The molecule has 0 aliphatic rings. The van der Waals surface area contributed by atoms with Crippen LogP contribution in [0.15, 0.2) is 24.4 Å². The molecule has 21 heavy (non-hydrogen) atoms. The second kappa shape index (κ2) is 6.58. The van der Waals surface area contributed by atoms with Crippen molar-refractivity contribution in [2.75, 3.05) is 6.61 Å². The molecule has 0 atom stereocenters. The molecule has 1 heterocycles. The smallest absolute Gasteiger partial charge is 0.341 e. The molecule has 112 valence electrons. The molecule has 2 rings (SSSR count). The van der Waals surface area contributed by atoms with Gasteiger partial charge in [-0.2, -0.15) is 5.10 Å². The van der Waals surface area contributed by atoms with Crippen LogP contribution in [0, 0.1) is 5.82 Å². The van der Waals surface area contributed by atoms with E-state index in [1.807, 2.05) is 0 Å². The summed E-state index contributed by atoms with van der Waals surface area (Å²) < 4.78 is 25.5. The fourth-order valence-corrected chi connectivity index (χ4v) is 1.92. The summed E-state index contributed by atoms with van der Waals surface area (Å²) >= 11 is 5.68. The Labute approximate surface area is 126 Å². The zero-order valence-electron chi connectivity index (χ0n) is 11.6. The summed E-state index contributed by atoms with van der Waals surface area (Å²) in [4.78, 5) is 11.8. The molecule has 1 aromatic heterocycles. The van der Waals surface area contributed by atoms with Gasteiger partial charge in [0.2, 0.25) is 0 Å². The number of esters is 1. The topological polar surface area (TPSA) is 53.3 Å². The number of benzene rings is 1. The Kier molecular flexibility index (Phi) is 4.80. The minimum Gasteiger partial charge on any atom is -0.484 e. The number of nitrogens with zero attached hydrogens (tertiary/aromatic N) is 2. The molecule has 0 N–H and O–H groups in total. The van der Waals surface area contributed by atoms with E-state index >= 15 is 0 Å². The molecule has 1 aromatic carbocycles. The zero-order valence-corrected chi connectivity index (χ0v) is 12.4. The monoisotopic (exact) mass is 312 g/mol. The third kappa shape index (κ3) is 3.33. The predicted molar refractivity (Wildman–Crippen MR) is 74.9 cm³/mol. The van der Waals surface area contributed by atoms with E-state index in [2.05, 4.69) is 5.10 Å². The highest BCUT2D eigenvalue weighted by atomic mass is 35.5. The molecule has 0 aliphatic heterocycles. The van der Waals surface area contributed by atoms with Crippen LogP contribution in [0.3, 0.4) is 0 Å². The maximum Gasteiger partial charge on any atom is 0.341 e. The third-order valence-electron chi connectivity index (χ3n) is 2.84. The van der Waals surface area contributed by atoms with Gasteiger partial charge in [-0.3, -0.25) is 4.68 Å². The lowest BCUT2D eigenvalue weighted by Gasteiger charge is -2.09. The number of ether oxygens (including phenoxy) is 2. The van der Waals surface area contributed by atoms with E-state index in [9.17, 15) is 9.18 Å². The Balaban J connectivity index is 2.18. The summed E-state index contributed by atoms with van der Waals surface area (Å²) in [5.74, 6) is -1.12. The van der Waals surface area contributed by atoms with Crippen molar-refractivity contribution in [3.8, 4) is 5.75 Å². The maximum atomic E-state index is 13.7. The second-order valence-corrected chi connectivity index (χ2v) is 4.60.